The Bertz CT molecular complexity index is 783. The summed E-state index contributed by atoms with van der Waals surface area (Å²) < 4.78 is 44.8. The molecule has 2 rings (SSSR count). The number of rotatable bonds is 9. The smallest absolute Gasteiger partial charge is 0.387 e. The average Bonchev–Trinajstić information content (AvgIpc) is 2.65. The molecule has 0 aliphatic carbocycles. The van der Waals surface area contributed by atoms with Gasteiger partial charge in [-0.2, -0.15) is 8.78 Å². The lowest BCUT2D eigenvalue weighted by molar-refractivity contribution is -0.116. The van der Waals surface area contributed by atoms with Gasteiger partial charge in [0.15, 0.2) is 11.5 Å². The van der Waals surface area contributed by atoms with Gasteiger partial charge in [-0.05, 0) is 42.3 Å². The molecule has 0 spiro atoms. The van der Waals surface area contributed by atoms with E-state index < -0.39 is 6.61 Å². The van der Waals surface area contributed by atoms with Crippen molar-refractivity contribution in [2.45, 2.75) is 19.5 Å². The Labute approximate surface area is 156 Å². The number of benzene rings is 2. The van der Waals surface area contributed by atoms with Crippen LogP contribution in [-0.2, 0) is 11.2 Å². The van der Waals surface area contributed by atoms with E-state index >= 15 is 0 Å². The number of methoxy groups -OCH3 is 3. The van der Waals surface area contributed by atoms with E-state index in [1.165, 1.54) is 19.2 Å². The number of amides is 1. The summed E-state index contributed by atoms with van der Waals surface area (Å²) in [5.41, 5.74) is 1.15. The fraction of sp³-hybridized carbons (Fsp3) is 0.316. The number of alkyl halides is 2. The lowest BCUT2D eigenvalue weighted by Gasteiger charge is -2.13. The van der Waals surface area contributed by atoms with Crippen molar-refractivity contribution in [3.8, 4) is 23.0 Å². The molecule has 0 saturated carbocycles. The van der Waals surface area contributed by atoms with Crippen LogP contribution in [0.2, 0.25) is 0 Å². The fourth-order valence-corrected chi connectivity index (χ4v) is 2.49. The molecule has 0 unspecified atom stereocenters. The zero-order chi connectivity index (χ0) is 19.8. The molecule has 0 saturated heterocycles. The number of halogens is 2. The Hall–Kier alpha value is -3.03. The van der Waals surface area contributed by atoms with Crippen LogP contribution in [0.1, 0.15) is 12.0 Å². The number of nitrogens with one attached hydrogen (secondary N) is 1. The first-order chi connectivity index (χ1) is 13.0. The van der Waals surface area contributed by atoms with E-state index in [2.05, 4.69) is 10.1 Å². The molecule has 0 bridgehead atoms. The van der Waals surface area contributed by atoms with Crippen LogP contribution < -0.4 is 24.3 Å². The van der Waals surface area contributed by atoms with E-state index in [0.29, 0.717) is 23.6 Å². The zero-order valence-corrected chi connectivity index (χ0v) is 15.3. The van der Waals surface area contributed by atoms with Crippen LogP contribution in [0, 0.1) is 0 Å². The van der Waals surface area contributed by atoms with Gasteiger partial charge in [0.25, 0.3) is 0 Å². The summed E-state index contributed by atoms with van der Waals surface area (Å²) in [6.07, 6.45) is 0.587. The van der Waals surface area contributed by atoms with Gasteiger partial charge in [-0.15, -0.1) is 0 Å². The Morgan fingerprint density at radius 1 is 0.963 bits per heavy atom. The second-order valence-corrected chi connectivity index (χ2v) is 5.47. The molecular weight excluding hydrogens is 360 g/mol. The van der Waals surface area contributed by atoms with Crippen molar-refractivity contribution in [3.05, 3.63) is 42.0 Å². The first-order valence-electron chi connectivity index (χ1n) is 8.10. The minimum Gasteiger partial charge on any atom is -0.497 e. The molecule has 0 aromatic heterocycles. The first kappa shape index (κ1) is 20.3. The normalized spacial score (nSPS) is 10.4. The third-order valence-corrected chi connectivity index (χ3v) is 3.77. The number of hydrogen-bond acceptors (Lipinski definition) is 5. The van der Waals surface area contributed by atoms with Gasteiger partial charge >= 0.3 is 6.61 Å². The molecule has 0 heterocycles. The third-order valence-electron chi connectivity index (χ3n) is 3.77. The van der Waals surface area contributed by atoms with E-state index in [1.807, 2.05) is 0 Å². The topological polar surface area (TPSA) is 66.0 Å². The van der Waals surface area contributed by atoms with Crippen molar-refractivity contribution in [2.24, 2.45) is 0 Å². The molecule has 8 heteroatoms. The summed E-state index contributed by atoms with van der Waals surface area (Å²) in [4.78, 5) is 12.2. The summed E-state index contributed by atoms with van der Waals surface area (Å²) in [5, 5.41) is 2.65. The Balaban J connectivity index is 2.04. The van der Waals surface area contributed by atoms with Crippen LogP contribution in [0.25, 0.3) is 0 Å². The number of hydrogen-bond donors (Lipinski definition) is 1. The molecule has 1 N–H and O–H groups in total. The Morgan fingerprint density at radius 2 is 1.67 bits per heavy atom. The fourth-order valence-electron chi connectivity index (χ4n) is 2.49. The largest absolute Gasteiger partial charge is 0.497 e. The van der Waals surface area contributed by atoms with Gasteiger partial charge in [0.05, 0.1) is 21.3 Å². The minimum atomic E-state index is -3.00. The van der Waals surface area contributed by atoms with E-state index in [1.54, 1.807) is 38.5 Å². The highest BCUT2D eigenvalue weighted by Gasteiger charge is 2.13. The highest BCUT2D eigenvalue weighted by molar-refractivity contribution is 5.91. The second-order valence-electron chi connectivity index (χ2n) is 5.47. The van der Waals surface area contributed by atoms with Gasteiger partial charge in [0, 0.05) is 18.2 Å². The number of carbonyl (C=O) groups excluding carboxylic acids is 1. The molecule has 0 radical (unpaired) electrons. The van der Waals surface area contributed by atoms with Gasteiger partial charge in [0.2, 0.25) is 5.91 Å². The number of ether oxygens (including phenoxy) is 4. The maximum Gasteiger partial charge on any atom is 0.387 e. The van der Waals surface area contributed by atoms with E-state index in [-0.39, 0.29) is 23.8 Å². The molecule has 0 fully saturated rings. The lowest BCUT2D eigenvalue weighted by atomic mass is 10.1. The molecule has 1 amide bonds. The monoisotopic (exact) mass is 381 g/mol. The second kappa shape index (κ2) is 9.61. The van der Waals surface area contributed by atoms with Gasteiger partial charge in [-0.25, -0.2) is 0 Å². The van der Waals surface area contributed by atoms with Crippen molar-refractivity contribution in [1.29, 1.82) is 0 Å². The Morgan fingerprint density at radius 3 is 2.30 bits per heavy atom. The summed E-state index contributed by atoms with van der Waals surface area (Å²) in [6.45, 7) is -3.00. The maximum absolute atomic E-state index is 12.5. The lowest BCUT2D eigenvalue weighted by Crippen LogP contribution is -2.13. The van der Waals surface area contributed by atoms with Crippen molar-refractivity contribution in [3.63, 3.8) is 0 Å². The van der Waals surface area contributed by atoms with Crippen LogP contribution in [-0.4, -0.2) is 33.8 Å². The number of anilines is 1. The maximum atomic E-state index is 12.5. The van der Waals surface area contributed by atoms with Gasteiger partial charge in [-0.1, -0.05) is 0 Å². The zero-order valence-electron chi connectivity index (χ0n) is 15.3. The van der Waals surface area contributed by atoms with Crippen LogP contribution in [0.3, 0.4) is 0 Å². The van der Waals surface area contributed by atoms with Gasteiger partial charge in [0.1, 0.15) is 11.5 Å². The van der Waals surface area contributed by atoms with Crippen molar-refractivity contribution < 1.29 is 32.5 Å². The molecule has 2 aromatic carbocycles. The standard InChI is InChI=1S/C19H21F2NO5/c1-24-14-6-8-15(25-2)12(10-14)4-9-18(23)22-13-5-7-16(26-3)17(11-13)27-19(20)21/h5-8,10-11,19H,4,9H2,1-3H3,(H,22,23). The van der Waals surface area contributed by atoms with E-state index in [9.17, 15) is 13.6 Å². The predicted molar refractivity (Wildman–Crippen MR) is 96.1 cm³/mol. The highest BCUT2D eigenvalue weighted by Crippen LogP contribution is 2.31. The van der Waals surface area contributed by atoms with E-state index in [0.717, 1.165) is 5.56 Å². The van der Waals surface area contributed by atoms with Crippen LogP contribution >= 0.6 is 0 Å². The van der Waals surface area contributed by atoms with Crippen LogP contribution in [0.15, 0.2) is 36.4 Å². The third kappa shape index (κ3) is 5.73. The van der Waals surface area contributed by atoms with Gasteiger partial charge in [-0.3, -0.25) is 4.79 Å². The average molecular weight is 381 g/mol. The summed E-state index contributed by atoms with van der Waals surface area (Å²) >= 11 is 0. The van der Waals surface area contributed by atoms with Crippen molar-refractivity contribution in [2.75, 3.05) is 26.6 Å². The van der Waals surface area contributed by atoms with Crippen LogP contribution in [0.4, 0.5) is 14.5 Å². The molecular formula is C19H21F2NO5. The molecule has 0 aliphatic heterocycles. The predicted octanol–water partition coefficient (Wildman–Crippen LogP) is 3.89. The summed E-state index contributed by atoms with van der Waals surface area (Å²) in [6, 6.07) is 9.61. The molecule has 27 heavy (non-hydrogen) atoms. The summed E-state index contributed by atoms with van der Waals surface area (Å²) in [5.74, 6) is 1.03. The minimum absolute atomic E-state index is 0.148. The molecule has 2 aromatic rings. The number of carbonyl (C=O) groups is 1. The molecule has 146 valence electrons. The number of aryl methyl sites for hydroxylation is 1. The highest BCUT2D eigenvalue weighted by atomic mass is 19.3. The van der Waals surface area contributed by atoms with Crippen molar-refractivity contribution >= 4 is 11.6 Å². The molecule has 6 nitrogen and oxygen atoms in total. The van der Waals surface area contributed by atoms with E-state index in [4.69, 9.17) is 14.2 Å². The van der Waals surface area contributed by atoms with Crippen molar-refractivity contribution in [1.82, 2.24) is 0 Å². The molecule has 0 aliphatic rings. The van der Waals surface area contributed by atoms with Gasteiger partial charge < -0.3 is 24.3 Å². The summed E-state index contributed by atoms with van der Waals surface area (Å²) in [7, 11) is 4.45. The SMILES string of the molecule is COc1ccc(OC)c(CCC(=O)Nc2ccc(OC)c(OC(F)F)c2)c1. The Kier molecular flexibility index (Phi) is 7.22. The first-order valence-corrected chi connectivity index (χ1v) is 8.10. The quantitative estimate of drug-likeness (QED) is 0.714. The molecule has 0 atom stereocenters. The van der Waals surface area contributed by atoms with Crippen LogP contribution in [0.5, 0.6) is 23.0 Å².